The largest absolute Gasteiger partial charge is 0.480 e. The van der Waals surface area contributed by atoms with Crippen molar-refractivity contribution in [2.24, 2.45) is 0 Å². The summed E-state index contributed by atoms with van der Waals surface area (Å²) < 4.78 is 0. The maximum absolute atomic E-state index is 12.9. The highest BCUT2D eigenvalue weighted by Crippen LogP contribution is 2.22. The number of amides is 2. The molecule has 6 nitrogen and oxygen atoms in total. The SMILES string of the molecule is Cc1ccc(C(=O)Nc2cccc(C(=O)N3CCCCC3C(=O)O)c2)c(C)c1. The molecule has 0 saturated carbocycles. The van der Waals surface area contributed by atoms with Crippen LogP contribution in [-0.4, -0.2) is 40.4 Å². The standard InChI is InChI=1S/C22H24N2O4/c1-14-9-10-18(15(2)12-14)20(25)23-17-7-5-6-16(13-17)21(26)24-11-4-3-8-19(24)22(27)28/h5-7,9-10,12-13,19H,3-4,8,11H2,1-2H3,(H,23,25)(H,27,28). The average molecular weight is 380 g/mol. The summed E-state index contributed by atoms with van der Waals surface area (Å²) in [7, 11) is 0. The number of likely N-dealkylation sites (tertiary alicyclic amines) is 1. The van der Waals surface area contributed by atoms with E-state index in [1.165, 1.54) is 4.90 Å². The van der Waals surface area contributed by atoms with Crippen LogP contribution in [0.15, 0.2) is 42.5 Å². The lowest BCUT2D eigenvalue weighted by Crippen LogP contribution is -2.48. The summed E-state index contributed by atoms with van der Waals surface area (Å²) in [5, 5.41) is 12.2. The van der Waals surface area contributed by atoms with Crippen LogP contribution in [0.5, 0.6) is 0 Å². The molecule has 1 saturated heterocycles. The zero-order valence-corrected chi connectivity index (χ0v) is 16.1. The number of benzene rings is 2. The van der Waals surface area contributed by atoms with Crippen LogP contribution >= 0.6 is 0 Å². The van der Waals surface area contributed by atoms with Crippen molar-refractivity contribution >= 4 is 23.5 Å². The molecule has 1 aliphatic heterocycles. The van der Waals surface area contributed by atoms with Crippen LogP contribution in [0.4, 0.5) is 5.69 Å². The Labute approximate surface area is 164 Å². The van der Waals surface area contributed by atoms with Gasteiger partial charge in [-0.15, -0.1) is 0 Å². The molecule has 28 heavy (non-hydrogen) atoms. The Morgan fingerprint density at radius 3 is 2.57 bits per heavy atom. The zero-order chi connectivity index (χ0) is 20.3. The minimum absolute atomic E-state index is 0.247. The Balaban J connectivity index is 1.79. The predicted octanol–water partition coefficient (Wildman–Crippen LogP) is 3.64. The van der Waals surface area contributed by atoms with E-state index in [0.29, 0.717) is 29.8 Å². The van der Waals surface area contributed by atoms with E-state index >= 15 is 0 Å². The molecule has 2 amide bonds. The second-order valence-electron chi connectivity index (χ2n) is 7.20. The number of aliphatic carboxylic acids is 1. The first kappa shape index (κ1) is 19.6. The third kappa shape index (κ3) is 4.22. The van der Waals surface area contributed by atoms with Crippen LogP contribution in [-0.2, 0) is 4.79 Å². The highest BCUT2D eigenvalue weighted by Gasteiger charge is 2.32. The first-order valence-corrected chi connectivity index (χ1v) is 9.39. The van der Waals surface area contributed by atoms with Gasteiger partial charge in [-0.1, -0.05) is 23.8 Å². The van der Waals surface area contributed by atoms with E-state index < -0.39 is 12.0 Å². The number of nitrogens with zero attached hydrogens (tertiary/aromatic N) is 1. The van der Waals surface area contributed by atoms with Gasteiger partial charge in [-0.2, -0.15) is 0 Å². The number of carboxylic acid groups (broad SMARTS) is 1. The van der Waals surface area contributed by atoms with Gasteiger partial charge in [0.25, 0.3) is 11.8 Å². The van der Waals surface area contributed by atoms with Gasteiger partial charge in [0.1, 0.15) is 6.04 Å². The summed E-state index contributed by atoms with van der Waals surface area (Å²) in [5.41, 5.74) is 3.40. The quantitative estimate of drug-likeness (QED) is 0.848. The second kappa shape index (κ2) is 8.25. The third-order valence-electron chi connectivity index (χ3n) is 5.04. The van der Waals surface area contributed by atoms with Crippen molar-refractivity contribution in [2.75, 3.05) is 11.9 Å². The Bertz CT molecular complexity index is 923. The van der Waals surface area contributed by atoms with E-state index in [4.69, 9.17) is 0 Å². The molecule has 1 aliphatic rings. The lowest BCUT2D eigenvalue weighted by Gasteiger charge is -2.33. The molecule has 0 aromatic heterocycles. The normalized spacial score (nSPS) is 16.5. The zero-order valence-electron chi connectivity index (χ0n) is 16.1. The number of piperidine rings is 1. The third-order valence-corrected chi connectivity index (χ3v) is 5.04. The predicted molar refractivity (Wildman–Crippen MR) is 107 cm³/mol. The highest BCUT2D eigenvalue weighted by molar-refractivity contribution is 6.06. The van der Waals surface area contributed by atoms with Gasteiger partial charge in [-0.3, -0.25) is 9.59 Å². The van der Waals surface area contributed by atoms with Gasteiger partial charge in [-0.25, -0.2) is 4.79 Å². The Morgan fingerprint density at radius 1 is 1.07 bits per heavy atom. The Morgan fingerprint density at radius 2 is 1.86 bits per heavy atom. The van der Waals surface area contributed by atoms with E-state index in [0.717, 1.165) is 24.0 Å². The van der Waals surface area contributed by atoms with E-state index in [9.17, 15) is 19.5 Å². The smallest absolute Gasteiger partial charge is 0.326 e. The molecule has 0 aliphatic carbocycles. The van der Waals surface area contributed by atoms with Gasteiger partial charge in [0.2, 0.25) is 0 Å². The van der Waals surface area contributed by atoms with Crippen molar-refractivity contribution in [2.45, 2.75) is 39.2 Å². The topological polar surface area (TPSA) is 86.7 Å². The van der Waals surface area contributed by atoms with Crippen molar-refractivity contribution in [3.8, 4) is 0 Å². The number of carboxylic acids is 1. The number of rotatable bonds is 4. The summed E-state index contributed by atoms with van der Waals surface area (Å²) in [6.45, 7) is 4.27. The summed E-state index contributed by atoms with van der Waals surface area (Å²) in [6, 6.07) is 11.4. The minimum Gasteiger partial charge on any atom is -0.480 e. The van der Waals surface area contributed by atoms with Crippen LogP contribution in [0.25, 0.3) is 0 Å². The van der Waals surface area contributed by atoms with Gasteiger partial charge in [0.15, 0.2) is 0 Å². The number of nitrogens with one attached hydrogen (secondary N) is 1. The monoisotopic (exact) mass is 380 g/mol. The van der Waals surface area contributed by atoms with Crippen molar-refractivity contribution in [1.82, 2.24) is 4.90 Å². The van der Waals surface area contributed by atoms with Crippen molar-refractivity contribution in [3.63, 3.8) is 0 Å². The molecule has 2 aromatic rings. The van der Waals surface area contributed by atoms with Gasteiger partial charge in [-0.05, 0) is 62.9 Å². The Hall–Kier alpha value is -3.15. The fourth-order valence-corrected chi connectivity index (χ4v) is 3.59. The fourth-order valence-electron chi connectivity index (χ4n) is 3.59. The molecule has 1 fully saturated rings. The van der Waals surface area contributed by atoms with Gasteiger partial charge >= 0.3 is 5.97 Å². The Kier molecular flexibility index (Phi) is 5.78. The molecule has 3 rings (SSSR count). The van der Waals surface area contributed by atoms with E-state index in [1.807, 2.05) is 26.0 Å². The molecule has 2 N–H and O–H groups in total. The summed E-state index contributed by atoms with van der Waals surface area (Å²) in [6.07, 6.45) is 2.05. The highest BCUT2D eigenvalue weighted by atomic mass is 16.4. The number of carbonyl (C=O) groups is 3. The van der Waals surface area contributed by atoms with Gasteiger partial charge in [0, 0.05) is 23.4 Å². The number of aryl methyl sites for hydroxylation is 2. The van der Waals surface area contributed by atoms with Gasteiger partial charge in [0.05, 0.1) is 0 Å². The minimum atomic E-state index is -0.979. The molecular formula is C22H24N2O4. The summed E-state index contributed by atoms with van der Waals surface area (Å²) >= 11 is 0. The van der Waals surface area contributed by atoms with E-state index in [-0.39, 0.29) is 11.8 Å². The second-order valence-corrected chi connectivity index (χ2v) is 7.20. The number of hydrogen-bond acceptors (Lipinski definition) is 3. The van der Waals surface area contributed by atoms with Crippen LogP contribution in [0.2, 0.25) is 0 Å². The van der Waals surface area contributed by atoms with Crippen LogP contribution in [0.3, 0.4) is 0 Å². The summed E-state index contributed by atoms with van der Waals surface area (Å²) in [4.78, 5) is 38.3. The average Bonchev–Trinajstić information content (AvgIpc) is 2.67. The number of carbonyl (C=O) groups excluding carboxylic acids is 2. The van der Waals surface area contributed by atoms with Gasteiger partial charge < -0.3 is 15.3 Å². The van der Waals surface area contributed by atoms with Crippen LogP contribution in [0.1, 0.15) is 51.1 Å². The van der Waals surface area contributed by atoms with Crippen LogP contribution in [0, 0.1) is 13.8 Å². The number of anilines is 1. The summed E-state index contributed by atoms with van der Waals surface area (Å²) in [5.74, 6) is -1.55. The van der Waals surface area contributed by atoms with Crippen LogP contribution < -0.4 is 5.32 Å². The van der Waals surface area contributed by atoms with Crippen molar-refractivity contribution in [1.29, 1.82) is 0 Å². The lowest BCUT2D eigenvalue weighted by atomic mass is 10.0. The maximum atomic E-state index is 12.9. The molecule has 0 spiro atoms. The van der Waals surface area contributed by atoms with E-state index in [2.05, 4.69) is 5.32 Å². The van der Waals surface area contributed by atoms with Crippen molar-refractivity contribution in [3.05, 3.63) is 64.7 Å². The molecule has 0 radical (unpaired) electrons. The first-order chi connectivity index (χ1) is 13.4. The molecule has 0 bridgehead atoms. The molecule has 2 aromatic carbocycles. The first-order valence-electron chi connectivity index (χ1n) is 9.39. The molecule has 1 unspecified atom stereocenters. The van der Waals surface area contributed by atoms with E-state index in [1.54, 1.807) is 30.3 Å². The molecular weight excluding hydrogens is 356 g/mol. The molecule has 1 heterocycles. The maximum Gasteiger partial charge on any atom is 0.326 e. The molecule has 6 heteroatoms. The fraction of sp³-hybridized carbons (Fsp3) is 0.318. The lowest BCUT2D eigenvalue weighted by molar-refractivity contribution is -0.143. The van der Waals surface area contributed by atoms with Crippen molar-refractivity contribution < 1.29 is 19.5 Å². The molecule has 146 valence electrons. The number of hydrogen-bond donors (Lipinski definition) is 2. The molecule has 1 atom stereocenters.